The molecule has 0 bridgehead atoms. The second-order valence-corrected chi connectivity index (χ2v) is 3.96. The van der Waals surface area contributed by atoms with E-state index in [1.54, 1.807) is 36.7 Å². The molecule has 0 atom stereocenters. The van der Waals surface area contributed by atoms with Crippen molar-refractivity contribution in [1.29, 1.82) is 0 Å². The predicted octanol–water partition coefficient (Wildman–Crippen LogP) is 1.80. The van der Waals surface area contributed by atoms with E-state index in [0.29, 0.717) is 22.2 Å². The highest BCUT2D eigenvalue weighted by molar-refractivity contribution is 6.34. The minimum Gasteiger partial charge on any atom is -0.485 e. The Morgan fingerprint density at radius 3 is 2.74 bits per heavy atom. The van der Waals surface area contributed by atoms with Crippen molar-refractivity contribution in [2.75, 3.05) is 0 Å². The highest BCUT2D eigenvalue weighted by atomic mass is 35.5. The number of hydrogen-bond donors (Lipinski definition) is 2. The summed E-state index contributed by atoms with van der Waals surface area (Å²) in [7, 11) is 0. The number of rotatable bonds is 4. The van der Waals surface area contributed by atoms with Crippen LogP contribution in [0.2, 0.25) is 5.02 Å². The summed E-state index contributed by atoms with van der Waals surface area (Å²) in [6.07, 6.45) is 3.24. The van der Waals surface area contributed by atoms with Gasteiger partial charge < -0.3 is 15.7 Å². The predicted molar refractivity (Wildman–Crippen MR) is 70.3 cm³/mol. The van der Waals surface area contributed by atoms with E-state index in [1.807, 2.05) is 0 Å². The summed E-state index contributed by atoms with van der Waals surface area (Å²) in [5, 5.41) is 12.0. The van der Waals surface area contributed by atoms with E-state index in [2.05, 4.69) is 15.1 Å². The molecule has 1 aromatic heterocycles. The number of benzene rings is 1. The first-order valence-electron chi connectivity index (χ1n) is 5.37. The lowest BCUT2D eigenvalue weighted by Crippen LogP contribution is -2.15. The molecule has 2 rings (SSSR count). The van der Waals surface area contributed by atoms with Crippen LogP contribution in [0.15, 0.2) is 41.8 Å². The monoisotopic (exact) mass is 278 g/mol. The van der Waals surface area contributed by atoms with Crippen LogP contribution in [0.5, 0.6) is 5.75 Å². The van der Waals surface area contributed by atoms with Crippen molar-refractivity contribution in [1.82, 2.24) is 9.97 Å². The Morgan fingerprint density at radius 1 is 1.32 bits per heavy atom. The standard InChI is InChI=1S/C12H11ClN4O2/c13-8-3-1-4-9(11(8)12(14)17-18)19-7-10-15-5-2-6-16-10/h1-6,18H,7H2,(H2,14,17). The third-order valence-electron chi connectivity index (χ3n) is 2.32. The quantitative estimate of drug-likeness (QED) is 0.385. The topological polar surface area (TPSA) is 93.6 Å². The zero-order valence-corrected chi connectivity index (χ0v) is 10.6. The summed E-state index contributed by atoms with van der Waals surface area (Å²) in [6.45, 7) is 0.160. The molecule has 0 aliphatic carbocycles. The first-order valence-corrected chi connectivity index (χ1v) is 5.75. The van der Waals surface area contributed by atoms with Gasteiger partial charge in [-0.15, -0.1) is 0 Å². The molecule has 0 saturated carbocycles. The van der Waals surface area contributed by atoms with Gasteiger partial charge in [0.05, 0.1) is 10.6 Å². The minimum atomic E-state index is -0.116. The van der Waals surface area contributed by atoms with E-state index >= 15 is 0 Å². The number of halogens is 1. The number of nitrogens with two attached hydrogens (primary N) is 1. The van der Waals surface area contributed by atoms with Crippen LogP contribution in [-0.4, -0.2) is 21.0 Å². The van der Waals surface area contributed by atoms with Crippen molar-refractivity contribution in [2.45, 2.75) is 6.61 Å². The lowest BCUT2D eigenvalue weighted by atomic mass is 10.2. The van der Waals surface area contributed by atoms with Crippen LogP contribution in [-0.2, 0) is 6.61 Å². The molecule has 0 spiro atoms. The summed E-state index contributed by atoms with van der Waals surface area (Å²) >= 11 is 6.00. The van der Waals surface area contributed by atoms with Gasteiger partial charge in [0.1, 0.15) is 12.4 Å². The minimum absolute atomic E-state index is 0.116. The number of ether oxygens (including phenoxy) is 1. The Morgan fingerprint density at radius 2 is 2.05 bits per heavy atom. The van der Waals surface area contributed by atoms with Crippen LogP contribution >= 0.6 is 11.6 Å². The van der Waals surface area contributed by atoms with E-state index in [-0.39, 0.29) is 12.4 Å². The number of oxime groups is 1. The molecule has 19 heavy (non-hydrogen) atoms. The maximum atomic E-state index is 8.75. The van der Waals surface area contributed by atoms with Gasteiger partial charge in [0.25, 0.3) is 0 Å². The van der Waals surface area contributed by atoms with Gasteiger partial charge >= 0.3 is 0 Å². The summed E-state index contributed by atoms with van der Waals surface area (Å²) < 4.78 is 5.55. The number of amidine groups is 1. The Hall–Kier alpha value is -2.34. The molecular weight excluding hydrogens is 268 g/mol. The smallest absolute Gasteiger partial charge is 0.175 e. The van der Waals surface area contributed by atoms with Gasteiger partial charge in [-0.25, -0.2) is 9.97 Å². The Balaban J connectivity index is 2.23. The van der Waals surface area contributed by atoms with Crippen molar-refractivity contribution in [3.8, 4) is 5.75 Å². The highest BCUT2D eigenvalue weighted by Crippen LogP contribution is 2.26. The van der Waals surface area contributed by atoms with E-state index < -0.39 is 0 Å². The normalized spacial score (nSPS) is 11.3. The SMILES string of the molecule is N/C(=N/O)c1c(Cl)cccc1OCc1ncccn1. The number of hydrogen-bond acceptors (Lipinski definition) is 5. The number of aromatic nitrogens is 2. The molecule has 3 N–H and O–H groups in total. The van der Waals surface area contributed by atoms with Crippen LogP contribution in [0.4, 0.5) is 0 Å². The van der Waals surface area contributed by atoms with Gasteiger partial charge in [-0.1, -0.05) is 22.8 Å². The van der Waals surface area contributed by atoms with Crippen molar-refractivity contribution in [2.24, 2.45) is 10.9 Å². The third-order valence-corrected chi connectivity index (χ3v) is 2.63. The van der Waals surface area contributed by atoms with Gasteiger partial charge in [0.2, 0.25) is 0 Å². The molecular formula is C12H11ClN4O2. The largest absolute Gasteiger partial charge is 0.485 e. The zero-order chi connectivity index (χ0) is 13.7. The van der Waals surface area contributed by atoms with Crippen molar-refractivity contribution >= 4 is 17.4 Å². The van der Waals surface area contributed by atoms with Crippen molar-refractivity contribution in [3.63, 3.8) is 0 Å². The first kappa shape index (κ1) is 13.1. The molecule has 7 heteroatoms. The Bertz CT molecular complexity index is 590. The molecule has 1 aromatic carbocycles. The van der Waals surface area contributed by atoms with Crippen molar-refractivity contribution < 1.29 is 9.94 Å². The maximum Gasteiger partial charge on any atom is 0.175 e. The lowest BCUT2D eigenvalue weighted by Gasteiger charge is -2.11. The van der Waals surface area contributed by atoms with Gasteiger partial charge in [-0.2, -0.15) is 0 Å². The maximum absolute atomic E-state index is 8.75. The van der Waals surface area contributed by atoms with Gasteiger partial charge in [-0.3, -0.25) is 0 Å². The molecule has 0 unspecified atom stereocenters. The lowest BCUT2D eigenvalue weighted by molar-refractivity contribution is 0.294. The zero-order valence-electron chi connectivity index (χ0n) is 9.82. The average molecular weight is 279 g/mol. The van der Waals surface area contributed by atoms with E-state index in [1.165, 1.54) is 0 Å². The fraction of sp³-hybridized carbons (Fsp3) is 0.0833. The molecule has 0 amide bonds. The number of nitrogens with zero attached hydrogens (tertiary/aromatic N) is 3. The van der Waals surface area contributed by atoms with Gasteiger partial charge in [0, 0.05) is 12.4 Å². The Kier molecular flexibility index (Phi) is 4.15. The van der Waals surface area contributed by atoms with E-state index in [9.17, 15) is 0 Å². The van der Waals surface area contributed by atoms with Crippen LogP contribution in [0.25, 0.3) is 0 Å². The first-order chi connectivity index (χ1) is 9.22. The summed E-state index contributed by atoms with van der Waals surface area (Å²) in [5.41, 5.74) is 5.90. The van der Waals surface area contributed by atoms with E-state index in [4.69, 9.17) is 27.3 Å². The fourth-order valence-corrected chi connectivity index (χ4v) is 1.73. The van der Waals surface area contributed by atoms with Crippen LogP contribution in [0, 0.1) is 0 Å². The van der Waals surface area contributed by atoms with Gasteiger partial charge in [-0.05, 0) is 18.2 Å². The average Bonchev–Trinajstić information content (AvgIpc) is 2.45. The van der Waals surface area contributed by atoms with Crippen LogP contribution < -0.4 is 10.5 Å². The molecule has 98 valence electrons. The molecule has 0 aliphatic rings. The van der Waals surface area contributed by atoms with Crippen LogP contribution in [0.1, 0.15) is 11.4 Å². The molecule has 1 heterocycles. The summed E-state index contributed by atoms with van der Waals surface area (Å²) in [6, 6.07) is 6.71. The molecule has 6 nitrogen and oxygen atoms in total. The molecule has 2 aromatic rings. The van der Waals surface area contributed by atoms with Crippen LogP contribution in [0.3, 0.4) is 0 Å². The molecule has 0 aliphatic heterocycles. The second-order valence-electron chi connectivity index (χ2n) is 3.55. The molecule has 0 fully saturated rings. The fourth-order valence-electron chi connectivity index (χ4n) is 1.47. The summed E-state index contributed by atoms with van der Waals surface area (Å²) in [5.74, 6) is 0.803. The Labute approximate surface area is 114 Å². The highest BCUT2D eigenvalue weighted by Gasteiger charge is 2.13. The summed E-state index contributed by atoms with van der Waals surface area (Å²) in [4.78, 5) is 8.06. The second kappa shape index (κ2) is 6.01. The van der Waals surface area contributed by atoms with Crippen molar-refractivity contribution in [3.05, 3.63) is 53.1 Å². The molecule has 0 saturated heterocycles. The van der Waals surface area contributed by atoms with Gasteiger partial charge in [0.15, 0.2) is 11.7 Å². The molecule has 0 radical (unpaired) electrons. The van der Waals surface area contributed by atoms with E-state index in [0.717, 1.165) is 0 Å². The third kappa shape index (κ3) is 3.11.